The number of likely N-dealkylation sites (tertiary alicyclic amines) is 1. The quantitative estimate of drug-likeness (QED) is 0.750. The molecule has 3 atom stereocenters. The standard InChI is InChI=1S/C12H22N2O2/c1-8(9-3-2-4-9)14-6-10(12(15)16)5-11(13)7-14/h8-11H,2-7,13H2,1H3,(H,15,16). The number of carboxylic acid groups (broad SMARTS) is 1. The minimum absolute atomic E-state index is 0.0253. The summed E-state index contributed by atoms with van der Waals surface area (Å²) < 4.78 is 0. The maximum atomic E-state index is 11.0. The average molecular weight is 226 g/mol. The second kappa shape index (κ2) is 4.72. The number of piperidine rings is 1. The Morgan fingerprint density at radius 2 is 2.12 bits per heavy atom. The highest BCUT2D eigenvalue weighted by atomic mass is 16.4. The number of nitrogens with zero attached hydrogens (tertiary/aromatic N) is 1. The van der Waals surface area contributed by atoms with E-state index in [1.807, 2.05) is 0 Å². The molecule has 0 aromatic rings. The summed E-state index contributed by atoms with van der Waals surface area (Å²) in [4.78, 5) is 13.3. The van der Waals surface area contributed by atoms with Crippen LogP contribution in [0.5, 0.6) is 0 Å². The monoisotopic (exact) mass is 226 g/mol. The van der Waals surface area contributed by atoms with E-state index in [1.54, 1.807) is 0 Å². The van der Waals surface area contributed by atoms with Crippen LogP contribution in [-0.2, 0) is 4.79 Å². The molecule has 2 fully saturated rings. The Bertz CT molecular complexity index is 266. The van der Waals surface area contributed by atoms with Gasteiger partial charge < -0.3 is 10.8 Å². The van der Waals surface area contributed by atoms with E-state index in [4.69, 9.17) is 10.8 Å². The van der Waals surface area contributed by atoms with E-state index in [1.165, 1.54) is 19.3 Å². The van der Waals surface area contributed by atoms with Crippen LogP contribution in [0.15, 0.2) is 0 Å². The van der Waals surface area contributed by atoms with Gasteiger partial charge in [0.25, 0.3) is 0 Å². The van der Waals surface area contributed by atoms with Crippen LogP contribution >= 0.6 is 0 Å². The van der Waals surface area contributed by atoms with Crippen molar-refractivity contribution >= 4 is 5.97 Å². The Kier molecular flexibility index (Phi) is 3.50. The Morgan fingerprint density at radius 3 is 2.62 bits per heavy atom. The van der Waals surface area contributed by atoms with Crippen molar-refractivity contribution in [1.82, 2.24) is 4.90 Å². The summed E-state index contributed by atoms with van der Waals surface area (Å²) in [7, 11) is 0. The van der Waals surface area contributed by atoms with Crippen LogP contribution < -0.4 is 5.73 Å². The van der Waals surface area contributed by atoms with Crippen LogP contribution in [0.2, 0.25) is 0 Å². The predicted octanol–water partition coefficient (Wildman–Crippen LogP) is 0.909. The largest absolute Gasteiger partial charge is 0.481 e. The molecule has 0 radical (unpaired) electrons. The molecule has 3 N–H and O–H groups in total. The summed E-state index contributed by atoms with van der Waals surface area (Å²) in [6.45, 7) is 3.77. The summed E-state index contributed by atoms with van der Waals surface area (Å²) in [5.74, 6) is -0.202. The van der Waals surface area contributed by atoms with E-state index in [-0.39, 0.29) is 12.0 Å². The van der Waals surface area contributed by atoms with Crippen molar-refractivity contribution in [2.75, 3.05) is 13.1 Å². The minimum atomic E-state index is -0.694. The molecule has 2 aliphatic rings. The fraction of sp³-hybridized carbons (Fsp3) is 0.917. The molecule has 0 spiro atoms. The van der Waals surface area contributed by atoms with Crippen LogP contribution in [-0.4, -0.2) is 41.1 Å². The number of rotatable bonds is 3. The second-order valence-electron chi connectivity index (χ2n) is 5.42. The first-order chi connectivity index (χ1) is 7.58. The molecule has 2 rings (SSSR count). The molecule has 0 aromatic heterocycles. The summed E-state index contributed by atoms with van der Waals surface area (Å²) >= 11 is 0. The molecule has 1 heterocycles. The maximum Gasteiger partial charge on any atom is 0.307 e. The summed E-state index contributed by atoms with van der Waals surface area (Å²) in [5.41, 5.74) is 5.95. The van der Waals surface area contributed by atoms with Gasteiger partial charge in [0.1, 0.15) is 0 Å². The SMILES string of the molecule is CC(C1CCC1)N1CC(N)CC(C(=O)O)C1. The van der Waals surface area contributed by atoms with Gasteiger partial charge in [-0.25, -0.2) is 0 Å². The molecule has 0 bridgehead atoms. The fourth-order valence-electron chi connectivity index (χ4n) is 2.91. The van der Waals surface area contributed by atoms with Crippen molar-refractivity contribution < 1.29 is 9.90 Å². The highest BCUT2D eigenvalue weighted by Gasteiger charge is 2.35. The Morgan fingerprint density at radius 1 is 1.44 bits per heavy atom. The normalized spacial score (nSPS) is 34.4. The van der Waals surface area contributed by atoms with Crippen LogP contribution in [0.1, 0.15) is 32.6 Å². The van der Waals surface area contributed by atoms with Gasteiger partial charge in [0, 0.05) is 25.2 Å². The number of hydrogen-bond acceptors (Lipinski definition) is 3. The molecule has 4 heteroatoms. The van der Waals surface area contributed by atoms with Crippen LogP contribution in [0.4, 0.5) is 0 Å². The van der Waals surface area contributed by atoms with Gasteiger partial charge in [-0.2, -0.15) is 0 Å². The first-order valence-corrected chi connectivity index (χ1v) is 6.30. The molecule has 92 valence electrons. The molecule has 4 nitrogen and oxygen atoms in total. The smallest absolute Gasteiger partial charge is 0.307 e. The lowest BCUT2D eigenvalue weighted by molar-refractivity contribution is -0.144. The Hall–Kier alpha value is -0.610. The molecule has 3 unspecified atom stereocenters. The van der Waals surface area contributed by atoms with Crippen LogP contribution in [0, 0.1) is 11.8 Å². The number of aliphatic carboxylic acids is 1. The number of carboxylic acids is 1. The van der Waals surface area contributed by atoms with Gasteiger partial charge in [-0.1, -0.05) is 6.42 Å². The van der Waals surface area contributed by atoms with Crippen LogP contribution in [0.25, 0.3) is 0 Å². The first kappa shape index (κ1) is 11.9. The van der Waals surface area contributed by atoms with E-state index < -0.39 is 5.97 Å². The van der Waals surface area contributed by atoms with Crippen molar-refractivity contribution in [1.29, 1.82) is 0 Å². The molecule has 1 aliphatic carbocycles. The third kappa shape index (κ3) is 2.38. The van der Waals surface area contributed by atoms with Crippen molar-refractivity contribution in [2.24, 2.45) is 17.6 Å². The van der Waals surface area contributed by atoms with Crippen molar-refractivity contribution in [2.45, 2.75) is 44.7 Å². The topological polar surface area (TPSA) is 66.6 Å². The van der Waals surface area contributed by atoms with Crippen molar-refractivity contribution in [3.8, 4) is 0 Å². The number of carbonyl (C=O) groups is 1. The maximum absolute atomic E-state index is 11.0. The highest BCUT2D eigenvalue weighted by molar-refractivity contribution is 5.70. The van der Waals surface area contributed by atoms with Gasteiger partial charge in [-0.15, -0.1) is 0 Å². The summed E-state index contributed by atoms with van der Waals surface area (Å²) in [6.07, 6.45) is 4.55. The zero-order valence-electron chi connectivity index (χ0n) is 9.93. The Balaban J connectivity index is 1.95. The van der Waals surface area contributed by atoms with Gasteiger partial charge in [-0.05, 0) is 32.1 Å². The van der Waals surface area contributed by atoms with E-state index in [0.717, 1.165) is 12.5 Å². The van der Waals surface area contributed by atoms with Gasteiger partial charge >= 0.3 is 5.97 Å². The van der Waals surface area contributed by atoms with Crippen LogP contribution in [0.3, 0.4) is 0 Å². The van der Waals surface area contributed by atoms with Gasteiger partial charge in [0.2, 0.25) is 0 Å². The number of nitrogens with two attached hydrogens (primary N) is 1. The lowest BCUT2D eigenvalue weighted by atomic mass is 9.78. The van der Waals surface area contributed by atoms with Gasteiger partial charge in [0.15, 0.2) is 0 Å². The molecule has 1 saturated carbocycles. The van der Waals surface area contributed by atoms with Gasteiger partial charge in [-0.3, -0.25) is 9.69 Å². The zero-order valence-corrected chi connectivity index (χ0v) is 9.93. The lowest BCUT2D eigenvalue weighted by Crippen LogP contribution is -2.54. The molecule has 1 aliphatic heterocycles. The fourth-order valence-corrected chi connectivity index (χ4v) is 2.91. The Labute approximate surface area is 96.8 Å². The molecule has 0 amide bonds. The summed E-state index contributed by atoms with van der Waals surface area (Å²) in [5, 5.41) is 9.08. The molecule has 1 saturated heterocycles. The first-order valence-electron chi connectivity index (χ1n) is 6.30. The number of hydrogen-bond donors (Lipinski definition) is 2. The zero-order chi connectivity index (χ0) is 11.7. The minimum Gasteiger partial charge on any atom is -0.481 e. The predicted molar refractivity (Wildman–Crippen MR) is 62.1 cm³/mol. The highest BCUT2D eigenvalue weighted by Crippen LogP contribution is 2.33. The van der Waals surface area contributed by atoms with E-state index in [9.17, 15) is 4.79 Å². The molecule has 0 aromatic carbocycles. The van der Waals surface area contributed by atoms with E-state index in [0.29, 0.717) is 19.0 Å². The van der Waals surface area contributed by atoms with E-state index >= 15 is 0 Å². The lowest BCUT2D eigenvalue weighted by Gasteiger charge is -2.44. The van der Waals surface area contributed by atoms with E-state index in [2.05, 4.69) is 11.8 Å². The third-order valence-electron chi connectivity index (χ3n) is 4.27. The van der Waals surface area contributed by atoms with Crippen molar-refractivity contribution in [3.63, 3.8) is 0 Å². The molecular weight excluding hydrogens is 204 g/mol. The molecule has 16 heavy (non-hydrogen) atoms. The van der Waals surface area contributed by atoms with Gasteiger partial charge in [0.05, 0.1) is 5.92 Å². The summed E-state index contributed by atoms with van der Waals surface area (Å²) in [6, 6.07) is 0.527. The molecular formula is C12H22N2O2. The van der Waals surface area contributed by atoms with Crippen molar-refractivity contribution in [3.05, 3.63) is 0 Å². The second-order valence-corrected chi connectivity index (χ2v) is 5.42. The third-order valence-corrected chi connectivity index (χ3v) is 4.27. The average Bonchev–Trinajstić information content (AvgIpc) is 2.13.